The van der Waals surface area contributed by atoms with E-state index in [4.69, 9.17) is 4.74 Å². The molecular weight excluding hydrogens is 256 g/mol. The number of rotatable bonds is 8. The van der Waals surface area contributed by atoms with Gasteiger partial charge in [0.15, 0.2) is 5.69 Å². The Hall–Kier alpha value is -1.69. The standard InChI is InChI=1S/C14H24N4O2/c1-5-15-11-9-17-13(10(2)3)18-12(11)14(19)16-7-6-8-20-4/h9-10,15H,5-8H2,1-4H3,(H,16,19). The number of hydrogen-bond acceptors (Lipinski definition) is 5. The molecule has 0 aliphatic rings. The molecule has 0 unspecified atom stereocenters. The van der Waals surface area contributed by atoms with E-state index in [1.807, 2.05) is 20.8 Å². The first-order valence-electron chi connectivity index (χ1n) is 6.98. The highest BCUT2D eigenvalue weighted by Gasteiger charge is 2.15. The summed E-state index contributed by atoms with van der Waals surface area (Å²) in [6.45, 7) is 7.89. The average Bonchev–Trinajstić information content (AvgIpc) is 2.44. The molecule has 2 N–H and O–H groups in total. The lowest BCUT2D eigenvalue weighted by atomic mass is 10.2. The van der Waals surface area contributed by atoms with E-state index in [0.29, 0.717) is 36.9 Å². The maximum absolute atomic E-state index is 12.2. The molecule has 0 fully saturated rings. The lowest BCUT2D eigenvalue weighted by Gasteiger charge is -2.12. The maximum atomic E-state index is 12.2. The lowest BCUT2D eigenvalue weighted by molar-refractivity contribution is 0.0944. The molecule has 0 aliphatic heterocycles. The zero-order chi connectivity index (χ0) is 15.0. The topological polar surface area (TPSA) is 76.1 Å². The van der Waals surface area contributed by atoms with Crippen molar-refractivity contribution < 1.29 is 9.53 Å². The second-order valence-corrected chi connectivity index (χ2v) is 4.78. The third-order valence-corrected chi connectivity index (χ3v) is 2.72. The van der Waals surface area contributed by atoms with Gasteiger partial charge in [-0.15, -0.1) is 0 Å². The molecule has 1 amide bonds. The number of anilines is 1. The van der Waals surface area contributed by atoms with E-state index in [2.05, 4.69) is 20.6 Å². The fourth-order valence-electron chi connectivity index (χ4n) is 1.67. The maximum Gasteiger partial charge on any atom is 0.272 e. The molecule has 1 heterocycles. The Morgan fingerprint density at radius 3 is 2.80 bits per heavy atom. The second kappa shape index (κ2) is 8.47. The van der Waals surface area contributed by atoms with Crippen LogP contribution in [0.4, 0.5) is 5.69 Å². The zero-order valence-corrected chi connectivity index (χ0v) is 12.7. The van der Waals surface area contributed by atoms with Crippen molar-refractivity contribution >= 4 is 11.6 Å². The summed E-state index contributed by atoms with van der Waals surface area (Å²) >= 11 is 0. The predicted molar refractivity (Wildman–Crippen MR) is 79.1 cm³/mol. The van der Waals surface area contributed by atoms with E-state index >= 15 is 0 Å². The van der Waals surface area contributed by atoms with Crippen molar-refractivity contribution in [2.75, 3.05) is 32.1 Å². The van der Waals surface area contributed by atoms with E-state index in [1.165, 1.54) is 0 Å². The monoisotopic (exact) mass is 280 g/mol. The van der Waals surface area contributed by atoms with Crippen LogP contribution in [0.15, 0.2) is 6.20 Å². The number of amides is 1. The number of nitrogens with zero attached hydrogens (tertiary/aromatic N) is 2. The Morgan fingerprint density at radius 1 is 1.45 bits per heavy atom. The highest BCUT2D eigenvalue weighted by atomic mass is 16.5. The van der Waals surface area contributed by atoms with Crippen LogP contribution in [0.1, 0.15) is 49.4 Å². The molecule has 0 radical (unpaired) electrons. The number of carbonyl (C=O) groups is 1. The Kier molecular flexibility index (Phi) is 6.93. The smallest absolute Gasteiger partial charge is 0.272 e. The van der Waals surface area contributed by atoms with Crippen LogP contribution in [0.5, 0.6) is 0 Å². The molecule has 0 bridgehead atoms. The Balaban J connectivity index is 2.82. The first-order chi connectivity index (χ1) is 9.60. The molecule has 1 aromatic heterocycles. The summed E-state index contributed by atoms with van der Waals surface area (Å²) < 4.78 is 4.95. The minimum absolute atomic E-state index is 0.179. The molecular formula is C14H24N4O2. The van der Waals surface area contributed by atoms with E-state index in [0.717, 1.165) is 6.42 Å². The highest BCUT2D eigenvalue weighted by molar-refractivity contribution is 5.97. The van der Waals surface area contributed by atoms with Gasteiger partial charge in [0, 0.05) is 32.7 Å². The van der Waals surface area contributed by atoms with Crippen molar-refractivity contribution in [2.24, 2.45) is 0 Å². The van der Waals surface area contributed by atoms with Crippen molar-refractivity contribution in [3.05, 3.63) is 17.7 Å². The molecule has 20 heavy (non-hydrogen) atoms. The number of carbonyl (C=O) groups excluding carboxylic acids is 1. The molecule has 0 spiro atoms. The number of methoxy groups -OCH3 is 1. The van der Waals surface area contributed by atoms with Crippen LogP contribution >= 0.6 is 0 Å². The minimum Gasteiger partial charge on any atom is -0.385 e. The summed E-state index contributed by atoms with van der Waals surface area (Å²) in [5, 5.41) is 5.96. The van der Waals surface area contributed by atoms with Crippen molar-refractivity contribution in [1.82, 2.24) is 15.3 Å². The van der Waals surface area contributed by atoms with Gasteiger partial charge >= 0.3 is 0 Å². The third kappa shape index (κ3) is 4.77. The van der Waals surface area contributed by atoms with Crippen molar-refractivity contribution in [2.45, 2.75) is 33.1 Å². The summed E-state index contributed by atoms with van der Waals surface area (Å²) in [5.41, 5.74) is 1.07. The molecule has 1 aromatic rings. The molecule has 0 aromatic carbocycles. The van der Waals surface area contributed by atoms with Gasteiger partial charge in [0.05, 0.1) is 11.9 Å². The summed E-state index contributed by atoms with van der Waals surface area (Å²) in [4.78, 5) is 20.8. The Labute approximate surface area is 120 Å². The molecule has 6 heteroatoms. The normalized spacial score (nSPS) is 10.7. The molecule has 0 aliphatic carbocycles. The van der Waals surface area contributed by atoms with Gasteiger partial charge in [-0.2, -0.15) is 0 Å². The van der Waals surface area contributed by atoms with Gasteiger partial charge in [-0.05, 0) is 13.3 Å². The van der Waals surface area contributed by atoms with Crippen molar-refractivity contribution in [3.8, 4) is 0 Å². The van der Waals surface area contributed by atoms with Crippen LogP contribution in [0.3, 0.4) is 0 Å². The Morgan fingerprint density at radius 2 is 2.20 bits per heavy atom. The molecule has 112 valence electrons. The molecule has 0 saturated carbocycles. The summed E-state index contributed by atoms with van der Waals surface area (Å²) in [6.07, 6.45) is 2.46. The summed E-state index contributed by atoms with van der Waals surface area (Å²) in [6, 6.07) is 0. The lowest BCUT2D eigenvalue weighted by Crippen LogP contribution is -2.27. The molecule has 0 atom stereocenters. The highest BCUT2D eigenvalue weighted by Crippen LogP contribution is 2.16. The SMILES string of the molecule is CCNc1cnc(C(C)C)nc1C(=O)NCCCOC. The minimum atomic E-state index is -0.179. The molecule has 0 saturated heterocycles. The van der Waals surface area contributed by atoms with E-state index in [1.54, 1.807) is 13.3 Å². The van der Waals surface area contributed by atoms with E-state index in [-0.39, 0.29) is 11.8 Å². The van der Waals surface area contributed by atoms with Crippen LogP contribution in [0.25, 0.3) is 0 Å². The predicted octanol–water partition coefficient (Wildman–Crippen LogP) is 1.80. The number of hydrogen-bond donors (Lipinski definition) is 2. The molecule has 1 rings (SSSR count). The van der Waals surface area contributed by atoms with Gasteiger partial charge < -0.3 is 15.4 Å². The fraction of sp³-hybridized carbons (Fsp3) is 0.643. The van der Waals surface area contributed by atoms with Gasteiger partial charge in [0.1, 0.15) is 5.82 Å². The van der Waals surface area contributed by atoms with Crippen LogP contribution in [-0.2, 0) is 4.74 Å². The van der Waals surface area contributed by atoms with Gasteiger partial charge in [0.25, 0.3) is 5.91 Å². The van der Waals surface area contributed by atoms with E-state index in [9.17, 15) is 4.79 Å². The van der Waals surface area contributed by atoms with Crippen molar-refractivity contribution in [1.29, 1.82) is 0 Å². The molecule has 6 nitrogen and oxygen atoms in total. The van der Waals surface area contributed by atoms with Crippen LogP contribution < -0.4 is 10.6 Å². The van der Waals surface area contributed by atoms with Crippen molar-refractivity contribution in [3.63, 3.8) is 0 Å². The third-order valence-electron chi connectivity index (χ3n) is 2.72. The van der Waals surface area contributed by atoms with Crippen LogP contribution in [-0.4, -0.2) is 42.7 Å². The largest absolute Gasteiger partial charge is 0.385 e. The second-order valence-electron chi connectivity index (χ2n) is 4.78. The number of ether oxygens (including phenoxy) is 1. The van der Waals surface area contributed by atoms with Gasteiger partial charge in [0.2, 0.25) is 0 Å². The first-order valence-corrected chi connectivity index (χ1v) is 6.98. The fourth-order valence-corrected chi connectivity index (χ4v) is 1.67. The number of aromatic nitrogens is 2. The quantitative estimate of drug-likeness (QED) is 0.710. The zero-order valence-electron chi connectivity index (χ0n) is 12.7. The van der Waals surface area contributed by atoms with Gasteiger partial charge in [-0.1, -0.05) is 13.8 Å². The van der Waals surface area contributed by atoms with Gasteiger partial charge in [-0.25, -0.2) is 9.97 Å². The first kappa shape index (κ1) is 16.4. The summed E-state index contributed by atoms with van der Waals surface area (Å²) in [5.74, 6) is 0.681. The number of nitrogens with one attached hydrogen (secondary N) is 2. The average molecular weight is 280 g/mol. The van der Waals surface area contributed by atoms with Crippen LogP contribution in [0.2, 0.25) is 0 Å². The summed E-state index contributed by atoms with van der Waals surface area (Å²) in [7, 11) is 1.64. The Bertz CT molecular complexity index is 435. The van der Waals surface area contributed by atoms with Crippen LogP contribution in [0, 0.1) is 0 Å². The van der Waals surface area contributed by atoms with E-state index < -0.39 is 0 Å². The van der Waals surface area contributed by atoms with Gasteiger partial charge in [-0.3, -0.25) is 4.79 Å².